The number of fused-ring (bicyclic) bond motifs is 2. The summed E-state index contributed by atoms with van der Waals surface area (Å²) >= 11 is 10.9. The third-order valence-corrected chi connectivity index (χ3v) is 26.5. The molecule has 0 bridgehead atoms. The largest absolute Gasteiger partial charge is 0.496 e. The van der Waals surface area contributed by atoms with Gasteiger partial charge < -0.3 is 43.7 Å². The first-order chi connectivity index (χ1) is 52.7. The lowest BCUT2D eigenvalue weighted by Crippen LogP contribution is -2.27. The third-order valence-electron chi connectivity index (χ3n) is 16.5. The quantitative estimate of drug-likeness (QED) is 0.0295. The van der Waals surface area contributed by atoms with Gasteiger partial charge in [-0.2, -0.15) is 0 Å². The molecule has 4 amide bonds. The van der Waals surface area contributed by atoms with Crippen LogP contribution in [0.4, 0.5) is 20.5 Å². The van der Waals surface area contributed by atoms with Gasteiger partial charge in [0.2, 0.25) is 44.0 Å². The van der Waals surface area contributed by atoms with Crippen LogP contribution in [0, 0.1) is 27.7 Å². The van der Waals surface area contributed by atoms with E-state index in [2.05, 4.69) is 60.1 Å². The fourth-order valence-corrected chi connectivity index (χ4v) is 19.8. The van der Waals surface area contributed by atoms with Gasteiger partial charge in [0, 0.05) is 74.9 Å². The molecule has 0 saturated carbocycles. The van der Waals surface area contributed by atoms with E-state index in [0.29, 0.717) is 108 Å². The number of halogens is 1. The van der Waals surface area contributed by atoms with Crippen molar-refractivity contribution in [3.05, 3.63) is 207 Å². The Bertz CT molecular complexity index is 5770. The van der Waals surface area contributed by atoms with Crippen LogP contribution in [-0.2, 0) is 85.2 Å². The average molecular weight is 1700 g/mol. The van der Waals surface area contributed by atoms with Crippen molar-refractivity contribution in [2.24, 2.45) is 0 Å². The molecule has 29 nitrogen and oxygen atoms in total. The average Bonchev–Trinajstić information content (AvgIpc) is 1.65. The topological polar surface area (TPSA) is 414 Å². The number of rotatable bonds is 23. The molecule has 8 aromatic heterocycles. The molecular weight excluding hydrogens is 1610 g/mol. The van der Waals surface area contributed by atoms with Crippen molar-refractivity contribution in [2.75, 3.05) is 28.4 Å². The zero-order valence-electron chi connectivity index (χ0n) is 60.6. The summed E-state index contributed by atoms with van der Waals surface area (Å²) in [7, 11) is -13.8. The second-order valence-electron chi connectivity index (χ2n) is 24.8. The predicted octanol–water partition coefficient (Wildman–Crippen LogP) is 16.2. The molecule has 38 heteroatoms. The second kappa shape index (κ2) is 35.2. The van der Waals surface area contributed by atoms with E-state index in [1.54, 1.807) is 94.4 Å². The number of benzene rings is 4. The molecule has 14 rings (SSSR count). The van der Waals surface area contributed by atoms with Gasteiger partial charge in [-0.25, -0.2) is 72.5 Å². The summed E-state index contributed by atoms with van der Waals surface area (Å²) < 4.78 is 139. The first kappa shape index (κ1) is 82.1. The van der Waals surface area contributed by atoms with E-state index in [-0.39, 0.29) is 80.6 Å². The molecule has 2 aliphatic rings. The van der Waals surface area contributed by atoms with Gasteiger partial charge in [0.1, 0.15) is 28.8 Å². The Morgan fingerprint density at radius 2 is 0.721 bits per heavy atom. The number of ether oxygens (including phenoxy) is 1. The van der Waals surface area contributed by atoms with Crippen LogP contribution in [0.1, 0.15) is 120 Å². The Balaban J connectivity index is 0.000000401. The van der Waals surface area contributed by atoms with E-state index >= 15 is 0 Å². The van der Waals surface area contributed by atoms with Gasteiger partial charge in [-0.05, 0) is 142 Å². The van der Waals surface area contributed by atoms with E-state index < -0.39 is 40.1 Å². The fourth-order valence-electron chi connectivity index (χ4n) is 11.5. The molecule has 12 aromatic rings. The van der Waals surface area contributed by atoms with Gasteiger partial charge in [0.05, 0.1) is 49.4 Å². The summed E-state index contributed by atoms with van der Waals surface area (Å²) in [4.78, 5) is 64.4. The summed E-state index contributed by atoms with van der Waals surface area (Å²) in [5.41, 5.74) is 8.30. The smallest absolute Gasteiger partial charge is 0.274 e. The maximum atomic E-state index is 12.8. The number of hydrogen-bond acceptors (Lipinski definition) is 25. The van der Waals surface area contributed by atoms with Crippen molar-refractivity contribution >= 4 is 141 Å². The summed E-state index contributed by atoms with van der Waals surface area (Å²) in [6.45, 7) is 12.8. The van der Waals surface area contributed by atoms with Gasteiger partial charge in [0.25, 0.3) is 40.1 Å². The van der Waals surface area contributed by atoms with Gasteiger partial charge in [0.15, 0.2) is 20.5 Å². The number of para-hydroxylation sites is 1. The molecule has 0 spiro atoms. The van der Waals surface area contributed by atoms with Crippen LogP contribution in [0.25, 0.3) is 42.5 Å². The number of nitrogens with one attached hydrogen (secondary N) is 8. The molecule has 598 valence electrons. The number of thiazole rings is 4. The van der Waals surface area contributed by atoms with Crippen molar-refractivity contribution in [2.45, 2.75) is 127 Å². The first-order valence-electron chi connectivity index (χ1n) is 33.7. The Hall–Kier alpha value is -9.87. The lowest BCUT2D eigenvalue weighted by molar-refractivity contribution is -0.115. The monoisotopic (exact) mass is 1700 g/mol. The third kappa shape index (κ3) is 20.6. The zero-order chi connectivity index (χ0) is 79.7. The number of carbonyl (C=O) groups excluding carboxylic acids is 4. The molecule has 8 heterocycles. The highest BCUT2D eigenvalue weighted by molar-refractivity contribution is 7.90. The van der Waals surface area contributed by atoms with Gasteiger partial charge in [-0.1, -0.05) is 142 Å². The Morgan fingerprint density at radius 1 is 0.423 bits per heavy atom. The van der Waals surface area contributed by atoms with Crippen LogP contribution in [0.15, 0.2) is 184 Å². The molecule has 0 unspecified atom stereocenters. The van der Waals surface area contributed by atoms with E-state index in [9.17, 15) is 52.8 Å². The molecule has 0 radical (unpaired) electrons. The summed E-state index contributed by atoms with van der Waals surface area (Å²) in [6.07, 6.45) is 3.14. The first-order valence-corrected chi connectivity index (χ1v) is 43.3. The number of sulfonamides is 4. The highest BCUT2D eigenvalue weighted by Gasteiger charge is 2.33. The lowest BCUT2D eigenvalue weighted by atomic mass is 10.1. The molecule has 0 saturated heterocycles. The van der Waals surface area contributed by atoms with Crippen molar-refractivity contribution in [1.82, 2.24) is 38.8 Å². The van der Waals surface area contributed by atoms with Gasteiger partial charge in [-0.3, -0.25) is 19.2 Å². The Kier molecular flexibility index (Phi) is 26.1. The molecule has 2 atom stereocenters. The van der Waals surface area contributed by atoms with Crippen molar-refractivity contribution < 1.29 is 86.7 Å². The van der Waals surface area contributed by atoms with E-state index in [1.807, 2.05) is 54.6 Å². The van der Waals surface area contributed by atoms with Crippen molar-refractivity contribution in [3.63, 3.8) is 0 Å². The van der Waals surface area contributed by atoms with Crippen LogP contribution in [0.5, 0.6) is 5.75 Å². The molecular formula is C73H89ClN12O17S8. The Morgan fingerprint density at radius 3 is 1.05 bits per heavy atom. The second-order valence-corrected chi connectivity index (χ2v) is 35.9. The Labute approximate surface area is 672 Å². The minimum atomic E-state index is -3.85. The highest BCUT2D eigenvalue weighted by Crippen LogP contribution is 2.41. The molecule has 0 aliphatic heterocycles. The van der Waals surface area contributed by atoms with Crippen LogP contribution in [0.2, 0.25) is 5.02 Å². The number of aryl methyl sites for hydroxylation is 6. The normalized spacial score (nSPS) is 13.8. The molecule has 0 fully saturated rings. The summed E-state index contributed by atoms with van der Waals surface area (Å²) in [6, 6.07) is 41.3. The minimum absolute atomic E-state index is 0. The van der Waals surface area contributed by atoms with Crippen LogP contribution >= 0.6 is 56.9 Å². The van der Waals surface area contributed by atoms with E-state index in [4.69, 9.17) is 34.0 Å². The zero-order valence-corrected chi connectivity index (χ0v) is 67.9. The SMILES string of the molecule is CC(=O)Nc1nc(C)c(-c2ccc(S(=O)(=O)NCc3ccccc3Cl)o2)s1.CC(=O)Nc1nc(C)c(-c2ccc(S(=O)(=O)N[C@@H]3CCc4ccccc43)o2)s1.CC(=O)Nc1nc(C)c(-c2ccc(S(=O)(=O)N[C@H]3CCc4ccccc43)o2)s1.COc1ccccc1CNS(=O)(=O)c1ccc(-c2sc(NC(C)=O)nc2C)o1.[HH].[HH].[HH].[HH].[HH].[HH].[HH].[HH]. The number of furan rings is 4. The fraction of sp³-hybridized carbons (Fsp3) is 0.233. The van der Waals surface area contributed by atoms with Crippen LogP contribution in [-0.4, -0.2) is 84.3 Å². The molecule has 111 heavy (non-hydrogen) atoms. The minimum Gasteiger partial charge on any atom is -0.496 e. The van der Waals surface area contributed by atoms with Gasteiger partial charge in [-0.15, -0.1) is 0 Å². The number of carbonyl (C=O) groups is 4. The molecule has 4 aromatic carbocycles. The lowest BCUT2D eigenvalue weighted by Gasteiger charge is -2.13. The van der Waals surface area contributed by atoms with E-state index in [1.165, 1.54) is 116 Å². The number of anilines is 4. The van der Waals surface area contributed by atoms with Crippen molar-refractivity contribution in [3.8, 4) is 48.3 Å². The molecule has 2 aliphatic carbocycles. The van der Waals surface area contributed by atoms with Crippen LogP contribution < -0.4 is 44.9 Å². The number of methoxy groups -OCH3 is 1. The predicted molar refractivity (Wildman–Crippen MR) is 440 cm³/mol. The number of aromatic nitrogens is 4. The van der Waals surface area contributed by atoms with Crippen molar-refractivity contribution in [1.29, 1.82) is 0 Å². The number of hydrogen-bond donors (Lipinski definition) is 8. The maximum Gasteiger partial charge on any atom is 0.274 e. The van der Waals surface area contributed by atoms with Crippen LogP contribution in [0.3, 0.4) is 0 Å². The molecule has 8 N–H and O–H groups in total. The standard InChI is InChI=1S/2C19H19N3O4S2.C18H19N3O5S2.C17H16ClN3O4S2.8H2/c2*1-11-18(27-19(20-11)21-12(2)23)16-9-10-17(26-16)28(24,25)22-15-8-7-13-5-3-4-6-14(13)15;1-11-17(27-18(20-11)21-12(2)22)15-8-9-16(26-15)28(23,24)19-10-13-6-4-5-7-14(13)25-3;1-10-16(26-17(20-10)21-11(2)22)14-7-8-15(25-14)27(23,24)19-9-12-5-3-4-6-13(12)18;;;;;;;;/h2*3-6,9-10,15,22H,7-8H2,1-2H3,(H,20,21,23);4-9,19H,10H2,1-3H3,(H,20,21,22);3-8,19H,9H2,1-2H3,(H,20,21,22);8*1H/t2*15-;;;;;;;;;;/m10........../s1. The summed E-state index contributed by atoms with van der Waals surface area (Å²) in [5, 5.41) is 12.0. The number of nitrogens with zero attached hydrogens (tertiary/aromatic N) is 4. The maximum absolute atomic E-state index is 12.8. The summed E-state index contributed by atoms with van der Waals surface area (Å²) in [5.74, 6) is 1.22. The van der Waals surface area contributed by atoms with Gasteiger partial charge >= 0.3 is 0 Å². The number of amides is 4. The highest BCUT2D eigenvalue weighted by atomic mass is 35.5. The van der Waals surface area contributed by atoms with E-state index in [0.717, 1.165) is 36.8 Å².